The molecule has 0 bridgehead atoms. The Hall–Kier alpha value is -6.72. The zero-order chi connectivity index (χ0) is 38.5. The lowest BCUT2D eigenvalue weighted by molar-refractivity contribution is -0.00167. The Labute approximate surface area is 319 Å². The van der Waals surface area contributed by atoms with Crippen LogP contribution in [-0.2, 0) is 0 Å². The highest BCUT2D eigenvalue weighted by molar-refractivity contribution is 6.01. The van der Waals surface area contributed by atoms with E-state index >= 15 is 8.78 Å². The van der Waals surface area contributed by atoms with Crippen LogP contribution in [0.3, 0.4) is 0 Å². The van der Waals surface area contributed by atoms with Crippen LogP contribution in [0.15, 0.2) is 143 Å². The SMILES string of the molecule is CC(c1oc2cccc(F)c2c(=O)c1-c1cccc(F)c1)n1nc(-c2ccc(OC3CN(C(c4ccccc4)c4ccccc4)C3)c(F)c2)c2c(N)cncc21. The number of rotatable bonds is 9. The fourth-order valence-electron chi connectivity index (χ4n) is 7.71. The van der Waals surface area contributed by atoms with Gasteiger partial charge in [-0.25, -0.2) is 13.2 Å². The molecule has 8 nitrogen and oxygen atoms in total. The monoisotopic (exact) mass is 749 g/mol. The van der Waals surface area contributed by atoms with Crippen LogP contribution < -0.4 is 15.9 Å². The molecule has 56 heavy (non-hydrogen) atoms. The summed E-state index contributed by atoms with van der Waals surface area (Å²) < 4.78 is 59.5. The van der Waals surface area contributed by atoms with Gasteiger partial charge in [0.2, 0.25) is 5.43 Å². The Morgan fingerprint density at radius 1 is 0.786 bits per heavy atom. The summed E-state index contributed by atoms with van der Waals surface area (Å²) in [5.41, 5.74) is 9.95. The van der Waals surface area contributed by atoms with Gasteiger partial charge in [0.05, 0.1) is 40.6 Å². The first-order valence-electron chi connectivity index (χ1n) is 18.2. The average Bonchev–Trinajstić information content (AvgIpc) is 3.59. The third-order valence-electron chi connectivity index (χ3n) is 10.4. The third kappa shape index (κ3) is 6.15. The van der Waals surface area contributed by atoms with Crippen LogP contribution in [0.2, 0.25) is 0 Å². The van der Waals surface area contributed by atoms with E-state index in [9.17, 15) is 9.18 Å². The first-order valence-corrected chi connectivity index (χ1v) is 18.2. The lowest BCUT2D eigenvalue weighted by Crippen LogP contribution is -2.55. The topological polar surface area (TPSA) is 99.4 Å². The predicted octanol–water partition coefficient (Wildman–Crippen LogP) is 9.33. The molecule has 1 saturated heterocycles. The molecule has 2 N–H and O–H groups in total. The summed E-state index contributed by atoms with van der Waals surface area (Å²) in [6.07, 6.45) is 2.83. The number of pyridine rings is 1. The number of aromatic nitrogens is 3. The second-order valence-electron chi connectivity index (χ2n) is 13.9. The molecule has 1 aliphatic rings. The van der Waals surface area contributed by atoms with Crippen LogP contribution in [0.1, 0.15) is 35.9 Å². The minimum Gasteiger partial charge on any atom is -0.485 e. The molecule has 5 aromatic carbocycles. The zero-order valence-corrected chi connectivity index (χ0v) is 30.1. The number of anilines is 1. The molecular weight excluding hydrogens is 716 g/mol. The molecule has 0 saturated carbocycles. The van der Waals surface area contributed by atoms with Crippen LogP contribution in [0, 0.1) is 17.5 Å². The molecule has 1 unspecified atom stereocenters. The van der Waals surface area contributed by atoms with Gasteiger partial charge < -0.3 is 14.9 Å². The summed E-state index contributed by atoms with van der Waals surface area (Å²) >= 11 is 0. The minimum atomic E-state index is -0.821. The molecule has 9 rings (SSSR count). The fourth-order valence-corrected chi connectivity index (χ4v) is 7.71. The highest BCUT2D eigenvalue weighted by Gasteiger charge is 2.36. The van der Waals surface area contributed by atoms with Crippen molar-refractivity contribution in [2.75, 3.05) is 18.8 Å². The molecule has 0 radical (unpaired) electrons. The molecule has 278 valence electrons. The molecule has 8 aromatic rings. The van der Waals surface area contributed by atoms with E-state index in [1.165, 1.54) is 59.8 Å². The zero-order valence-electron chi connectivity index (χ0n) is 30.1. The summed E-state index contributed by atoms with van der Waals surface area (Å²) in [5, 5.41) is 5.15. The molecule has 4 heterocycles. The maximum absolute atomic E-state index is 15.9. The predicted molar refractivity (Wildman–Crippen MR) is 210 cm³/mol. The summed E-state index contributed by atoms with van der Waals surface area (Å²) in [5.74, 6) is -1.67. The lowest BCUT2D eigenvalue weighted by atomic mass is 9.94. The van der Waals surface area contributed by atoms with Gasteiger partial charge in [0, 0.05) is 18.7 Å². The number of hydrogen-bond acceptors (Lipinski definition) is 7. The van der Waals surface area contributed by atoms with E-state index in [-0.39, 0.29) is 45.8 Å². The Balaban J connectivity index is 1.04. The van der Waals surface area contributed by atoms with Crippen molar-refractivity contribution in [3.8, 4) is 28.1 Å². The van der Waals surface area contributed by atoms with Crippen LogP contribution in [0.25, 0.3) is 44.3 Å². The van der Waals surface area contributed by atoms with Crippen LogP contribution in [-0.4, -0.2) is 38.9 Å². The van der Waals surface area contributed by atoms with Gasteiger partial charge in [0.1, 0.15) is 46.2 Å². The Morgan fingerprint density at radius 2 is 1.50 bits per heavy atom. The van der Waals surface area contributed by atoms with E-state index in [0.717, 1.165) is 0 Å². The second-order valence-corrected chi connectivity index (χ2v) is 13.9. The second kappa shape index (κ2) is 14.2. The third-order valence-corrected chi connectivity index (χ3v) is 10.4. The van der Waals surface area contributed by atoms with Crippen molar-refractivity contribution in [1.82, 2.24) is 19.7 Å². The number of likely N-dealkylation sites (tertiary alicyclic amines) is 1. The van der Waals surface area contributed by atoms with Crippen LogP contribution in [0.5, 0.6) is 5.75 Å². The Morgan fingerprint density at radius 3 is 2.20 bits per heavy atom. The highest BCUT2D eigenvalue weighted by atomic mass is 19.1. The summed E-state index contributed by atoms with van der Waals surface area (Å²) in [4.78, 5) is 20.6. The van der Waals surface area contributed by atoms with Crippen molar-refractivity contribution in [1.29, 1.82) is 0 Å². The van der Waals surface area contributed by atoms with Crippen molar-refractivity contribution in [3.05, 3.63) is 178 Å². The number of ether oxygens (including phenoxy) is 1. The molecule has 1 aliphatic heterocycles. The van der Waals surface area contributed by atoms with Gasteiger partial charge in [-0.15, -0.1) is 0 Å². The maximum atomic E-state index is 15.9. The number of fused-ring (bicyclic) bond motifs is 2. The van der Waals surface area contributed by atoms with E-state index in [2.05, 4.69) is 34.1 Å². The largest absolute Gasteiger partial charge is 0.485 e. The number of nitrogen functional groups attached to an aromatic ring is 1. The van der Waals surface area contributed by atoms with Crippen LogP contribution in [0.4, 0.5) is 18.9 Å². The van der Waals surface area contributed by atoms with Gasteiger partial charge in [0.25, 0.3) is 0 Å². The van der Waals surface area contributed by atoms with Gasteiger partial charge >= 0.3 is 0 Å². The molecule has 3 aromatic heterocycles. The molecular formula is C45H34F3N5O3. The molecule has 1 fully saturated rings. The van der Waals surface area contributed by atoms with Gasteiger partial charge in [-0.3, -0.25) is 19.4 Å². The van der Waals surface area contributed by atoms with Crippen LogP contribution >= 0.6 is 0 Å². The molecule has 0 amide bonds. The summed E-state index contributed by atoms with van der Waals surface area (Å²) in [6.45, 7) is 2.97. The van der Waals surface area contributed by atoms with Gasteiger partial charge in [-0.1, -0.05) is 78.9 Å². The first kappa shape index (κ1) is 35.0. The average molecular weight is 750 g/mol. The van der Waals surface area contributed by atoms with Gasteiger partial charge in [0.15, 0.2) is 11.6 Å². The quantitative estimate of drug-likeness (QED) is 0.157. The summed E-state index contributed by atoms with van der Waals surface area (Å²) in [6, 6.07) is 34.0. The molecule has 1 atom stereocenters. The molecule has 0 spiro atoms. The highest BCUT2D eigenvalue weighted by Crippen LogP contribution is 2.39. The van der Waals surface area contributed by atoms with Crippen molar-refractivity contribution in [3.63, 3.8) is 0 Å². The normalized spacial score (nSPS) is 14.0. The number of benzene rings is 5. The minimum absolute atomic E-state index is 0.0161. The Kier molecular flexibility index (Phi) is 8.86. The number of nitrogens with two attached hydrogens (primary N) is 1. The van der Waals surface area contributed by atoms with Crippen molar-refractivity contribution >= 4 is 27.6 Å². The standard InChI is InChI=1S/C45H34F3N5O3/c1-26(45-39(29-14-8-15-31(46)20-29)44(54)40-33(47)16-9-17-38(40)56-45)53-36-23-50-22-35(49)41(36)42(51-53)30-18-19-37(34(48)21-30)55-32-24-52(25-32)43(27-10-4-2-5-11-27)28-12-6-3-7-13-28/h2-23,26,32,43H,24-25,49H2,1H3. The van der Waals surface area contributed by atoms with Gasteiger partial charge in [-0.2, -0.15) is 5.10 Å². The fraction of sp³-hybridized carbons (Fsp3) is 0.133. The number of nitrogens with zero attached hydrogens (tertiary/aromatic N) is 4. The molecule has 0 aliphatic carbocycles. The van der Waals surface area contributed by atoms with Crippen molar-refractivity contribution in [2.24, 2.45) is 0 Å². The first-order chi connectivity index (χ1) is 27.2. The van der Waals surface area contributed by atoms with E-state index in [1.807, 2.05) is 36.4 Å². The van der Waals surface area contributed by atoms with E-state index in [0.29, 0.717) is 40.9 Å². The van der Waals surface area contributed by atoms with Gasteiger partial charge in [-0.05, 0) is 66.1 Å². The summed E-state index contributed by atoms with van der Waals surface area (Å²) in [7, 11) is 0. The van der Waals surface area contributed by atoms with Crippen molar-refractivity contribution in [2.45, 2.75) is 25.1 Å². The maximum Gasteiger partial charge on any atom is 0.203 e. The molecule has 11 heteroatoms. The number of hydrogen-bond donors (Lipinski definition) is 1. The van der Waals surface area contributed by atoms with Crippen molar-refractivity contribution < 1.29 is 22.3 Å². The number of halogens is 3. The van der Waals surface area contributed by atoms with E-state index in [1.54, 1.807) is 36.0 Å². The van der Waals surface area contributed by atoms with E-state index in [4.69, 9.17) is 20.0 Å². The van der Waals surface area contributed by atoms with E-state index < -0.39 is 28.9 Å². The smallest absolute Gasteiger partial charge is 0.203 e. The lowest BCUT2D eigenvalue weighted by Gasteiger charge is -2.44. The Bertz CT molecular complexity index is 2760.